The third-order valence-electron chi connectivity index (χ3n) is 10.7. The van der Waals surface area contributed by atoms with Gasteiger partial charge in [0.1, 0.15) is 17.7 Å². The van der Waals surface area contributed by atoms with Gasteiger partial charge in [0.15, 0.2) is 0 Å². The molecule has 1 saturated carbocycles. The molecule has 3 saturated heterocycles. The van der Waals surface area contributed by atoms with Gasteiger partial charge >= 0.3 is 5.97 Å². The Balaban J connectivity index is 1.47. The number of aliphatic hydroxyl groups excluding tert-OH is 1. The number of aliphatic hydroxyl groups is 1. The Morgan fingerprint density at radius 1 is 1.12 bits per heavy atom. The summed E-state index contributed by atoms with van der Waals surface area (Å²) in [5.41, 5.74) is -0.492. The number of rotatable bonds is 16. The number of esters is 1. The standard InChI is InChI=1S/C38H53N3O7/c1-5-7-18-31(43)39-23-30(26-14-10-8-11-15-26)47-37(46)32-29-19-20-38(48-29)33(32)35(44)41(28(24-42)22-25(3)4)34(38)36(45)40(21-6-2)27-16-12-9-13-17-27/h5-6,8,10-11,14-15,25,27-30,32-34,42H,1-2,7,9,12-13,16-24H2,3-4H3,(H,39,43)/t28-,29-,30+,32+,33+,34-,38+/m1/s1. The molecule has 262 valence electrons. The van der Waals surface area contributed by atoms with Gasteiger partial charge in [-0.25, -0.2) is 0 Å². The van der Waals surface area contributed by atoms with Crippen LogP contribution in [-0.4, -0.2) is 88.1 Å². The monoisotopic (exact) mass is 663 g/mol. The summed E-state index contributed by atoms with van der Waals surface area (Å²) >= 11 is 0. The predicted octanol–water partition coefficient (Wildman–Crippen LogP) is 4.48. The van der Waals surface area contributed by atoms with Gasteiger partial charge < -0.3 is 29.7 Å². The van der Waals surface area contributed by atoms with Crippen LogP contribution in [0.5, 0.6) is 0 Å². The molecular weight excluding hydrogens is 610 g/mol. The highest BCUT2D eigenvalue weighted by Crippen LogP contribution is 2.59. The summed E-state index contributed by atoms with van der Waals surface area (Å²) in [5.74, 6) is -2.99. The molecule has 1 aromatic rings. The second-order valence-corrected chi connectivity index (χ2v) is 14.3. The molecule has 10 nitrogen and oxygen atoms in total. The van der Waals surface area contributed by atoms with Crippen LogP contribution >= 0.6 is 0 Å². The number of benzene rings is 1. The Morgan fingerprint density at radius 3 is 2.50 bits per heavy atom. The minimum atomic E-state index is -1.21. The number of nitrogens with one attached hydrogen (secondary N) is 1. The molecule has 0 unspecified atom stereocenters. The van der Waals surface area contributed by atoms with Crippen molar-refractivity contribution >= 4 is 23.7 Å². The number of hydrogen-bond donors (Lipinski definition) is 2. The van der Waals surface area contributed by atoms with Crippen molar-refractivity contribution in [2.24, 2.45) is 17.8 Å². The summed E-state index contributed by atoms with van der Waals surface area (Å²) in [5, 5.41) is 13.5. The molecule has 48 heavy (non-hydrogen) atoms. The highest BCUT2D eigenvalue weighted by Gasteiger charge is 2.75. The van der Waals surface area contributed by atoms with E-state index in [0.717, 1.165) is 32.1 Å². The van der Waals surface area contributed by atoms with Crippen LogP contribution in [0.15, 0.2) is 55.6 Å². The molecular formula is C38H53N3O7. The maximum Gasteiger partial charge on any atom is 0.313 e. The van der Waals surface area contributed by atoms with Crippen LogP contribution in [0.4, 0.5) is 0 Å². The Labute approximate surface area is 284 Å². The van der Waals surface area contributed by atoms with Crippen molar-refractivity contribution in [1.82, 2.24) is 15.1 Å². The van der Waals surface area contributed by atoms with E-state index in [1.165, 1.54) is 0 Å². The number of ether oxygens (including phenoxy) is 2. The number of carbonyl (C=O) groups excluding carboxylic acids is 4. The number of allylic oxidation sites excluding steroid dienone is 1. The molecule has 2 N–H and O–H groups in total. The lowest BCUT2D eigenvalue weighted by Gasteiger charge is -2.42. The van der Waals surface area contributed by atoms with E-state index in [9.17, 15) is 24.3 Å². The fourth-order valence-electron chi connectivity index (χ4n) is 8.60. The molecule has 1 aliphatic carbocycles. The van der Waals surface area contributed by atoms with Crippen LogP contribution < -0.4 is 5.32 Å². The Morgan fingerprint density at radius 2 is 1.85 bits per heavy atom. The number of likely N-dealkylation sites (tertiary alicyclic amines) is 1. The molecule has 2 bridgehead atoms. The van der Waals surface area contributed by atoms with Gasteiger partial charge in [-0.2, -0.15) is 0 Å². The summed E-state index contributed by atoms with van der Waals surface area (Å²) < 4.78 is 12.9. The van der Waals surface area contributed by atoms with Crippen molar-refractivity contribution in [2.75, 3.05) is 19.7 Å². The van der Waals surface area contributed by atoms with E-state index in [-0.39, 0.29) is 49.3 Å². The van der Waals surface area contributed by atoms with E-state index in [1.807, 2.05) is 49.1 Å². The van der Waals surface area contributed by atoms with E-state index < -0.39 is 47.7 Å². The molecule has 5 rings (SSSR count). The van der Waals surface area contributed by atoms with Crippen LogP contribution in [0.25, 0.3) is 0 Å². The van der Waals surface area contributed by atoms with E-state index in [2.05, 4.69) is 18.5 Å². The van der Waals surface area contributed by atoms with Crippen LogP contribution in [0.1, 0.15) is 89.7 Å². The van der Waals surface area contributed by atoms with Crippen molar-refractivity contribution in [3.8, 4) is 0 Å². The highest BCUT2D eigenvalue weighted by molar-refractivity contribution is 5.98. The molecule has 7 atom stereocenters. The summed E-state index contributed by atoms with van der Waals surface area (Å²) in [6.07, 6.45) is 9.26. The van der Waals surface area contributed by atoms with Crippen molar-refractivity contribution in [2.45, 2.75) is 114 Å². The molecule has 4 fully saturated rings. The third kappa shape index (κ3) is 7.10. The molecule has 3 amide bonds. The first kappa shape index (κ1) is 35.8. The normalized spacial score (nSPS) is 27.8. The quantitative estimate of drug-likeness (QED) is 0.197. The topological polar surface area (TPSA) is 125 Å². The van der Waals surface area contributed by atoms with Crippen LogP contribution in [0, 0.1) is 17.8 Å². The lowest BCUT2D eigenvalue weighted by atomic mass is 9.70. The molecule has 0 aromatic heterocycles. The van der Waals surface area contributed by atoms with E-state index in [4.69, 9.17) is 9.47 Å². The number of carbonyl (C=O) groups is 4. The first-order valence-corrected chi connectivity index (χ1v) is 17.8. The van der Waals surface area contributed by atoms with Crippen molar-refractivity contribution in [3.05, 3.63) is 61.2 Å². The summed E-state index contributed by atoms with van der Waals surface area (Å²) in [6.45, 7) is 11.8. The van der Waals surface area contributed by atoms with Gasteiger partial charge in [-0.1, -0.05) is 75.6 Å². The first-order chi connectivity index (χ1) is 23.2. The van der Waals surface area contributed by atoms with Gasteiger partial charge in [0, 0.05) is 19.0 Å². The SMILES string of the molecule is C=CCCC(=O)NC[C@H](OC(=O)[C@@H]1[C@H]2C(=O)N([C@@H](CO)CC(C)C)[C@H](C(=O)N(CC=C)C3CCCCC3)[C@]23CC[C@H]1O3)c1ccccc1. The van der Waals surface area contributed by atoms with Crippen LogP contribution in [0.3, 0.4) is 0 Å². The smallest absolute Gasteiger partial charge is 0.313 e. The Kier molecular flexibility index (Phi) is 11.8. The van der Waals surface area contributed by atoms with Gasteiger partial charge in [0.2, 0.25) is 17.7 Å². The lowest BCUT2D eigenvalue weighted by Crippen LogP contribution is -2.60. The second kappa shape index (κ2) is 15.8. The maximum absolute atomic E-state index is 14.8. The number of nitrogens with zero attached hydrogens (tertiary/aromatic N) is 2. The van der Waals surface area contributed by atoms with Crippen molar-refractivity contribution in [3.63, 3.8) is 0 Å². The zero-order valence-electron chi connectivity index (χ0n) is 28.6. The molecule has 0 radical (unpaired) electrons. The van der Waals surface area contributed by atoms with Crippen LogP contribution in [-0.2, 0) is 28.7 Å². The van der Waals surface area contributed by atoms with Gasteiger partial charge in [-0.15, -0.1) is 13.2 Å². The fraction of sp³-hybridized carbons (Fsp3) is 0.632. The molecule has 1 spiro atoms. The average molecular weight is 664 g/mol. The first-order valence-electron chi connectivity index (χ1n) is 17.8. The highest BCUT2D eigenvalue weighted by atomic mass is 16.6. The average Bonchev–Trinajstić information content (AvgIpc) is 3.74. The Bertz CT molecular complexity index is 1330. The molecule has 1 aromatic carbocycles. The number of amides is 3. The second-order valence-electron chi connectivity index (χ2n) is 14.3. The van der Waals surface area contributed by atoms with E-state index in [0.29, 0.717) is 37.8 Å². The van der Waals surface area contributed by atoms with Gasteiger partial charge in [0.05, 0.1) is 37.1 Å². The summed E-state index contributed by atoms with van der Waals surface area (Å²) in [4.78, 5) is 59.7. The van der Waals surface area contributed by atoms with E-state index >= 15 is 0 Å². The predicted molar refractivity (Wildman–Crippen MR) is 181 cm³/mol. The Hall–Kier alpha value is -3.50. The summed E-state index contributed by atoms with van der Waals surface area (Å²) in [7, 11) is 0. The zero-order valence-corrected chi connectivity index (χ0v) is 28.6. The van der Waals surface area contributed by atoms with Gasteiger partial charge in [0.25, 0.3) is 0 Å². The van der Waals surface area contributed by atoms with Gasteiger partial charge in [-0.05, 0) is 50.0 Å². The fourth-order valence-corrected chi connectivity index (χ4v) is 8.60. The zero-order chi connectivity index (χ0) is 34.4. The molecule has 3 aliphatic heterocycles. The number of fused-ring (bicyclic) bond motifs is 1. The van der Waals surface area contributed by atoms with Gasteiger partial charge in [-0.3, -0.25) is 19.2 Å². The van der Waals surface area contributed by atoms with Crippen molar-refractivity contribution in [1.29, 1.82) is 0 Å². The third-order valence-corrected chi connectivity index (χ3v) is 10.7. The maximum atomic E-state index is 14.8. The summed E-state index contributed by atoms with van der Waals surface area (Å²) in [6, 6.07) is 7.66. The molecule has 10 heteroatoms. The number of hydrogen-bond acceptors (Lipinski definition) is 7. The lowest BCUT2D eigenvalue weighted by molar-refractivity contribution is -0.161. The minimum Gasteiger partial charge on any atom is -0.455 e. The molecule has 3 heterocycles. The van der Waals surface area contributed by atoms with E-state index in [1.54, 1.807) is 17.1 Å². The van der Waals surface area contributed by atoms with Crippen molar-refractivity contribution < 1.29 is 33.8 Å². The minimum absolute atomic E-state index is 0.0296. The molecule has 4 aliphatic rings. The largest absolute Gasteiger partial charge is 0.455 e. The van der Waals surface area contributed by atoms with Crippen LogP contribution in [0.2, 0.25) is 0 Å².